The van der Waals surface area contributed by atoms with Crippen molar-refractivity contribution in [2.75, 3.05) is 13.1 Å². The summed E-state index contributed by atoms with van der Waals surface area (Å²) in [5.74, 6) is 0.790. The second-order valence-corrected chi connectivity index (χ2v) is 6.90. The van der Waals surface area contributed by atoms with Crippen molar-refractivity contribution in [3.63, 3.8) is 0 Å². The molecule has 1 aliphatic heterocycles. The van der Waals surface area contributed by atoms with Crippen LogP contribution < -0.4 is 11.0 Å². The van der Waals surface area contributed by atoms with Crippen LogP contribution in [-0.2, 0) is 6.54 Å². The molecule has 0 amide bonds. The normalized spacial score (nSPS) is 15.6. The third kappa shape index (κ3) is 3.06. The number of benzene rings is 1. The van der Waals surface area contributed by atoms with Crippen LogP contribution >= 0.6 is 0 Å². The molecule has 3 N–H and O–H groups in total. The molecule has 138 valence electrons. The lowest BCUT2D eigenvalue weighted by molar-refractivity contribution is 0.337. The molecule has 1 saturated heterocycles. The Morgan fingerprint density at radius 2 is 2.00 bits per heavy atom. The van der Waals surface area contributed by atoms with Gasteiger partial charge in [-0.2, -0.15) is 0 Å². The molecule has 1 fully saturated rings. The van der Waals surface area contributed by atoms with Crippen molar-refractivity contribution >= 4 is 11.0 Å². The van der Waals surface area contributed by atoms with E-state index in [0.717, 1.165) is 54.0 Å². The fourth-order valence-electron chi connectivity index (χ4n) is 3.67. The second kappa shape index (κ2) is 6.51. The highest BCUT2D eigenvalue weighted by atomic mass is 16.1. The van der Waals surface area contributed by atoms with Crippen molar-refractivity contribution in [3.8, 4) is 11.5 Å². The van der Waals surface area contributed by atoms with Gasteiger partial charge in [0.2, 0.25) is 0 Å². The summed E-state index contributed by atoms with van der Waals surface area (Å²) in [6.45, 7) is 2.66. The molecule has 9 nitrogen and oxygen atoms in total. The molecular weight excluding hydrogens is 344 g/mol. The SMILES string of the molecule is O=c1[nH]c2ccc(Cn3ccnc3-c3cn(C4CCNCC4)nn3)cc2[nH]1. The standard InChI is InChI=1S/C18H20N8O/c27-18-21-14-2-1-12(9-15(14)22-18)10-25-8-7-20-17(25)16-11-26(24-23-16)13-3-5-19-6-4-13/h1-2,7-9,11,13,19H,3-6,10H2,(H2,21,22,27). The Kier molecular flexibility index (Phi) is 3.86. The molecule has 0 bridgehead atoms. The first-order chi connectivity index (χ1) is 13.3. The third-order valence-electron chi connectivity index (χ3n) is 5.07. The first-order valence-corrected chi connectivity index (χ1v) is 9.11. The zero-order chi connectivity index (χ0) is 18.2. The smallest absolute Gasteiger partial charge is 0.323 e. The number of piperidine rings is 1. The lowest BCUT2D eigenvalue weighted by Gasteiger charge is -2.22. The van der Waals surface area contributed by atoms with Gasteiger partial charge in [0.15, 0.2) is 5.82 Å². The van der Waals surface area contributed by atoms with Gasteiger partial charge >= 0.3 is 5.69 Å². The van der Waals surface area contributed by atoms with Gasteiger partial charge in [0.25, 0.3) is 0 Å². The molecule has 0 radical (unpaired) electrons. The Bertz CT molecular complexity index is 1130. The average Bonchev–Trinajstić information content (AvgIpc) is 3.40. The van der Waals surface area contributed by atoms with E-state index in [1.807, 2.05) is 39.8 Å². The Labute approximate surface area is 154 Å². The van der Waals surface area contributed by atoms with Gasteiger partial charge in [-0.1, -0.05) is 11.3 Å². The molecule has 1 aromatic carbocycles. The molecule has 0 saturated carbocycles. The van der Waals surface area contributed by atoms with Gasteiger partial charge in [-0.15, -0.1) is 5.10 Å². The molecule has 1 aliphatic rings. The number of nitrogens with one attached hydrogen (secondary N) is 3. The fourth-order valence-corrected chi connectivity index (χ4v) is 3.67. The number of imidazole rings is 2. The number of rotatable bonds is 4. The van der Waals surface area contributed by atoms with E-state index in [0.29, 0.717) is 12.6 Å². The van der Waals surface area contributed by atoms with Crippen molar-refractivity contribution in [1.82, 2.24) is 39.8 Å². The van der Waals surface area contributed by atoms with Gasteiger partial charge in [0, 0.05) is 18.9 Å². The summed E-state index contributed by atoms with van der Waals surface area (Å²) in [7, 11) is 0. The van der Waals surface area contributed by atoms with Gasteiger partial charge in [-0.3, -0.25) is 0 Å². The van der Waals surface area contributed by atoms with Crippen LogP contribution in [0.15, 0.2) is 41.6 Å². The molecule has 9 heteroatoms. The number of hydrogen-bond acceptors (Lipinski definition) is 5. The Morgan fingerprint density at radius 3 is 2.89 bits per heavy atom. The number of hydrogen-bond donors (Lipinski definition) is 3. The fraction of sp³-hybridized carbons (Fsp3) is 0.333. The molecule has 0 unspecified atom stereocenters. The Morgan fingerprint density at radius 1 is 1.15 bits per heavy atom. The van der Waals surface area contributed by atoms with E-state index in [-0.39, 0.29) is 5.69 Å². The minimum Gasteiger partial charge on any atom is -0.325 e. The monoisotopic (exact) mass is 364 g/mol. The van der Waals surface area contributed by atoms with Gasteiger partial charge in [0.05, 0.1) is 23.3 Å². The average molecular weight is 364 g/mol. The molecular formula is C18H20N8O. The summed E-state index contributed by atoms with van der Waals surface area (Å²) in [6.07, 6.45) is 7.82. The van der Waals surface area contributed by atoms with Crippen LogP contribution in [0.4, 0.5) is 0 Å². The first-order valence-electron chi connectivity index (χ1n) is 9.11. The molecule has 5 rings (SSSR count). The number of aromatic amines is 2. The lowest BCUT2D eigenvalue weighted by Crippen LogP contribution is -2.29. The van der Waals surface area contributed by atoms with E-state index < -0.39 is 0 Å². The van der Waals surface area contributed by atoms with E-state index in [2.05, 4.69) is 30.6 Å². The van der Waals surface area contributed by atoms with Crippen LogP contribution in [0.25, 0.3) is 22.6 Å². The van der Waals surface area contributed by atoms with E-state index in [4.69, 9.17) is 0 Å². The maximum Gasteiger partial charge on any atom is 0.323 e. The van der Waals surface area contributed by atoms with Crippen LogP contribution in [0.3, 0.4) is 0 Å². The van der Waals surface area contributed by atoms with Gasteiger partial charge in [-0.05, 0) is 43.6 Å². The minimum atomic E-state index is -0.194. The minimum absolute atomic E-state index is 0.194. The second-order valence-electron chi connectivity index (χ2n) is 6.90. The van der Waals surface area contributed by atoms with Crippen molar-refractivity contribution in [2.45, 2.75) is 25.4 Å². The zero-order valence-corrected chi connectivity index (χ0v) is 14.7. The predicted octanol–water partition coefficient (Wildman–Crippen LogP) is 1.28. The quantitative estimate of drug-likeness (QED) is 0.505. The van der Waals surface area contributed by atoms with E-state index >= 15 is 0 Å². The van der Waals surface area contributed by atoms with E-state index in [1.54, 1.807) is 6.20 Å². The first kappa shape index (κ1) is 16.0. The molecule has 4 aromatic rings. The van der Waals surface area contributed by atoms with Crippen molar-refractivity contribution in [2.24, 2.45) is 0 Å². The summed E-state index contributed by atoms with van der Waals surface area (Å²) < 4.78 is 4.01. The van der Waals surface area contributed by atoms with E-state index in [1.165, 1.54) is 0 Å². The molecule has 3 aromatic heterocycles. The maximum absolute atomic E-state index is 11.4. The summed E-state index contributed by atoms with van der Waals surface area (Å²) in [5, 5.41) is 12.0. The van der Waals surface area contributed by atoms with Crippen LogP contribution in [0.2, 0.25) is 0 Å². The van der Waals surface area contributed by atoms with Crippen molar-refractivity contribution in [1.29, 1.82) is 0 Å². The third-order valence-corrected chi connectivity index (χ3v) is 5.07. The molecule has 0 aliphatic carbocycles. The van der Waals surface area contributed by atoms with Gasteiger partial charge in [0.1, 0.15) is 5.69 Å². The zero-order valence-electron chi connectivity index (χ0n) is 14.7. The predicted molar refractivity (Wildman–Crippen MR) is 100 cm³/mol. The van der Waals surface area contributed by atoms with Crippen LogP contribution in [0.5, 0.6) is 0 Å². The van der Waals surface area contributed by atoms with Gasteiger partial charge < -0.3 is 19.9 Å². The maximum atomic E-state index is 11.4. The van der Waals surface area contributed by atoms with Crippen LogP contribution in [0, 0.1) is 0 Å². The molecule has 4 heterocycles. The topological polar surface area (TPSA) is 109 Å². The highest BCUT2D eigenvalue weighted by molar-refractivity contribution is 5.75. The Hall–Kier alpha value is -3.20. The number of fused-ring (bicyclic) bond motifs is 1. The summed E-state index contributed by atoms with van der Waals surface area (Å²) in [4.78, 5) is 21.5. The van der Waals surface area contributed by atoms with Crippen LogP contribution in [0.1, 0.15) is 24.4 Å². The van der Waals surface area contributed by atoms with E-state index in [9.17, 15) is 4.79 Å². The highest BCUT2D eigenvalue weighted by Gasteiger charge is 2.18. The molecule has 27 heavy (non-hydrogen) atoms. The molecule has 0 atom stereocenters. The lowest BCUT2D eigenvalue weighted by atomic mass is 10.1. The van der Waals surface area contributed by atoms with Crippen LogP contribution in [-0.4, -0.2) is 47.6 Å². The number of H-pyrrole nitrogens is 2. The molecule has 0 spiro atoms. The van der Waals surface area contributed by atoms with Gasteiger partial charge in [-0.25, -0.2) is 14.5 Å². The van der Waals surface area contributed by atoms with Crippen molar-refractivity contribution in [3.05, 3.63) is 52.8 Å². The summed E-state index contributed by atoms with van der Waals surface area (Å²) >= 11 is 0. The largest absolute Gasteiger partial charge is 0.325 e. The number of nitrogens with zero attached hydrogens (tertiary/aromatic N) is 5. The highest BCUT2D eigenvalue weighted by Crippen LogP contribution is 2.21. The summed E-state index contributed by atoms with van der Waals surface area (Å²) in [6, 6.07) is 6.28. The number of aromatic nitrogens is 7. The van der Waals surface area contributed by atoms with Crippen molar-refractivity contribution < 1.29 is 0 Å². The summed E-state index contributed by atoms with van der Waals surface area (Å²) in [5.41, 5.74) is 3.26. The Balaban J connectivity index is 1.41.